The van der Waals surface area contributed by atoms with Gasteiger partial charge in [-0.3, -0.25) is 4.79 Å². The Kier molecular flexibility index (Phi) is 5.77. The second kappa shape index (κ2) is 8.23. The average Bonchev–Trinajstić information content (AvgIpc) is 3.03. The van der Waals surface area contributed by atoms with Gasteiger partial charge in [0.25, 0.3) is 5.91 Å². The number of rotatable bonds is 5. The van der Waals surface area contributed by atoms with Gasteiger partial charge in [0.1, 0.15) is 11.1 Å². The number of nitrogen functional groups attached to an aromatic ring is 1. The Hall–Kier alpha value is -2.85. The highest BCUT2D eigenvalue weighted by Crippen LogP contribution is 2.37. The van der Waals surface area contributed by atoms with Crippen molar-refractivity contribution in [2.24, 2.45) is 0 Å². The Bertz CT molecular complexity index is 896. The van der Waals surface area contributed by atoms with Crippen LogP contribution in [0.2, 0.25) is 0 Å². The number of carbonyl (C=O) groups is 2. The zero-order valence-corrected chi connectivity index (χ0v) is 15.9. The van der Waals surface area contributed by atoms with Gasteiger partial charge in [0.05, 0.1) is 11.1 Å². The molecule has 1 heterocycles. The van der Waals surface area contributed by atoms with Gasteiger partial charge < -0.3 is 15.8 Å². The maximum Gasteiger partial charge on any atom is 0.338 e. The Labute approximate surface area is 161 Å². The number of benzene rings is 1. The lowest BCUT2D eigenvalue weighted by Crippen LogP contribution is -2.32. The van der Waals surface area contributed by atoms with Crippen LogP contribution in [0, 0.1) is 11.3 Å². The fraction of sp³-hybridized carbons (Fsp3) is 0.350. The van der Waals surface area contributed by atoms with E-state index in [-0.39, 0.29) is 0 Å². The van der Waals surface area contributed by atoms with Crippen LogP contribution in [0.1, 0.15) is 52.5 Å². The molecule has 3 rings (SSSR count). The van der Waals surface area contributed by atoms with E-state index < -0.39 is 18.0 Å². The minimum absolute atomic E-state index is 0.333. The molecule has 1 amide bonds. The van der Waals surface area contributed by atoms with Gasteiger partial charge in [0.2, 0.25) is 0 Å². The number of esters is 1. The van der Waals surface area contributed by atoms with Crippen LogP contribution in [0.4, 0.5) is 10.7 Å². The van der Waals surface area contributed by atoms with E-state index in [1.54, 1.807) is 31.2 Å². The lowest BCUT2D eigenvalue weighted by molar-refractivity contribution is -0.124. The summed E-state index contributed by atoms with van der Waals surface area (Å²) in [4.78, 5) is 26.1. The molecule has 1 aromatic heterocycles. The number of amides is 1. The second-order valence-corrected chi connectivity index (χ2v) is 7.55. The summed E-state index contributed by atoms with van der Waals surface area (Å²) < 4.78 is 5.37. The van der Waals surface area contributed by atoms with Crippen LogP contribution in [0.5, 0.6) is 0 Å². The smallest absolute Gasteiger partial charge is 0.338 e. The Morgan fingerprint density at radius 3 is 2.67 bits per heavy atom. The normalized spacial score (nSPS) is 13.9. The van der Waals surface area contributed by atoms with E-state index in [1.165, 1.54) is 16.2 Å². The van der Waals surface area contributed by atoms with E-state index >= 15 is 0 Å². The molecule has 2 aromatic rings. The lowest BCUT2D eigenvalue weighted by Gasteiger charge is -2.15. The Morgan fingerprint density at radius 2 is 2.00 bits per heavy atom. The van der Waals surface area contributed by atoms with Crippen molar-refractivity contribution in [1.82, 2.24) is 0 Å². The highest BCUT2D eigenvalue weighted by molar-refractivity contribution is 7.16. The molecule has 1 atom stereocenters. The molecule has 0 spiro atoms. The van der Waals surface area contributed by atoms with Crippen molar-refractivity contribution < 1.29 is 14.3 Å². The topological polar surface area (TPSA) is 105 Å². The monoisotopic (exact) mass is 383 g/mol. The van der Waals surface area contributed by atoms with E-state index in [0.717, 1.165) is 31.2 Å². The molecule has 7 heteroatoms. The summed E-state index contributed by atoms with van der Waals surface area (Å²) >= 11 is 1.45. The van der Waals surface area contributed by atoms with Crippen molar-refractivity contribution in [3.05, 3.63) is 45.8 Å². The van der Waals surface area contributed by atoms with Crippen molar-refractivity contribution in [3.8, 4) is 6.07 Å². The largest absolute Gasteiger partial charge is 0.449 e. The number of hydrogen-bond donors (Lipinski definition) is 2. The number of carbonyl (C=O) groups excluding carboxylic acids is 2. The molecular formula is C20H21N3O3S. The number of nitrogens with zero attached hydrogens (tertiary/aromatic N) is 1. The predicted octanol–water partition coefficient (Wildman–Crippen LogP) is 3.65. The number of nitrogens with two attached hydrogens (primary N) is 1. The maximum atomic E-state index is 12.6. The molecule has 0 saturated carbocycles. The summed E-state index contributed by atoms with van der Waals surface area (Å²) in [5, 5.41) is 12.8. The van der Waals surface area contributed by atoms with Crippen LogP contribution >= 0.6 is 11.3 Å². The third kappa shape index (κ3) is 4.12. The second-order valence-electron chi connectivity index (χ2n) is 6.44. The third-order valence-corrected chi connectivity index (χ3v) is 5.79. The van der Waals surface area contributed by atoms with Crippen LogP contribution in [-0.2, 0) is 22.4 Å². The summed E-state index contributed by atoms with van der Waals surface area (Å²) in [5.74, 6) is -1.00. The molecule has 0 bridgehead atoms. The van der Waals surface area contributed by atoms with Gasteiger partial charge in [-0.25, -0.2) is 4.79 Å². The number of nitriles is 1. The van der Waals surface area contributed by atoms with Crippen molar-refractivity contribution >= 4 is 33.9 Å². The van der Waals surface area contributed by atoms with Gasteiger partial charge in [0.15, 0.2) is 6.10 Å². The average molecular weight is 383 g/mol. The first-order chi connectivity index (χ1) is 13.0. The molecule has 1 unspecified atom stereocenters. The first-order valence-corrected chi connectivity index (χ1v) is 9.77. The fourth-order valence-electron chi connectivity index (χ4n) is 3.10. The zero-order valence-electron chi connectivity index (χ0n) is 15.1. The van der Waals surface area contributed by atoms with Crippen molar-refractivity contribution in [2.45, 2.75) is 45.1 Å². The van der Waals surface area contributed by atoms with Gasteiger partial charge >= 0.3 is 5.97 Å². The molecule has 1 aliphatic carbocycles. The number of aryl methyl sites for hydroxylation is 1. The predicted molar refractivity (Wildman–Crippen MR) is 105 cm³/mol. The standard InChI is InChI=1S/C20H21N3O3S/c1-2-16(26-20(25)12-7-9-13(22)10-8-12)18(24)23-19-15(11-21)14-5-3-4-6-17(14)27-19/h7-10,16H,2-6,22H2,1H3,(H,23,24). The Morgan fingerprint density at radius 1 is 1.30 bits per heavy atom. The van der Waals surface area contributed by atoms with Gasteiger partial charge in [-0.15, -0.1) is 11.3 Å². The van der Waals surface area contributed by atoms with Crippen LogP contribution in [0.3, 0.4) is 0 Å². The number of fused-ring (bicyclic) bond motifs is 1. The molecule has 1 aromatic carbocycles. The molecule has 0 fully saturated rings. The molecule has 0 saturated heterocycles. The molecule has 1 aliphatic rings. The van der Waals surface area contributed by atoms with E-state index in [9.17, 15) is 14.9 Å². The highest BCUT2D eigenvalue weighted by Gasteiger charge is 2.26. The summed E-state index contributed by atoms with van der Waals surface area (Å²) in [7, 11) is 0. The maximum absolute atomic E-state index is 12.6. The van der Waals surface area contributed by atoms with E-state index in [4.69, 9.17) is 10.5 Å². The van der Waals surface area contributed by atoms with Crippen LogP contribution in [0.15, 0.2) is 24.3 Å². The van der Waals surface area contributed by atoms with E-state index in [2.05, 4.69) is 11.4 Å². The van der Waals surface area contributed by atoms with E-state index in [1.807, 2.05) is 0 Å². The first-order valence-electron chi connectivity index (χ1n) is 8.95. The van der Waals surface area contributed by atoms with Crippen LogP contribution < -0.4 is 11.1 Å². The number of thiophene rings is 1. The SMILES string of the molecule is CCC(OC(=O)c1ccc(N)cc1)C(=O)Nc1sc2c(c1C#N)CCCC2. The third-order valence-electron chi connectivity index (χ3n) is 4.58. The quantitative estimate of drug-likeness (QED) is 0.605. The summed E-state index contributed by atoms with van der Waals surface area (Å²) in [5.41, 5.74) is 8.09. The van der Waals surface area contributed by atoms with Gasteiger partial charge in [-0.1, -0.05) is 6.92 Å². The van der Waals surface area contributed by atoms with Crippen molar-refractivity contribution in [3.63, 3.8) is 0 Å². The van der Waals surface area contributed by atoms with Gasteiger partial charge in [-0.05, 0) is 61.9 Å². The number of hydrogen-bond acceptors (Lipinski definition) is 6. The summed E-state index contributed by atoms with van der Waals surface area (Å²) in [6.45, 7) is 1.77. The minimum Gasteiger partial charge on any atom is -0.449 e. The summed E-state index contributed by atoms with van der Waals surface area (Å²) in [6.07, 6.45) is 3.37. The summed E-state index contributed by atoms with van der Waals surface area (Å²) in [6, 6.07) is 8.54. The molecule has 3 N–H and O–H groups in total. The lowest BCUT2D eigenvalue weighted by atomic mass is 9.96. The Balaban J connectivity index is 1.72. The minimum atomic E-state index is -0.930. The van der Waals surface area contributed by atoms with Crippen LogP contribution in [-0.4, -0.2) is 18.0 Å². The highest BCUT2D eigenvalue weighted by atomic mass is 32.1. The molecular weight excluding hydrogens is 362 g/mol. The first kappa shape index (κ1) is 18.9. The molecule has 0 radical (unpaired) electrons. The van der Waals surface area contributed by atoms with Gasteiger partial charge in [-0.2, -0.15) is 5.26 Å². The zero-order chi connectivity index (χ0) is 19.4. The molecule has 0 aliphatic heterocycles. The molecule has 27 heavy (non-hydrogen) atoms. The van der Waals surface area contributed by atoms with Gasteiger partial charge in [0, 0.05) is 10.6 Å². The number of anilines is 2. The fourth-order valence-corrected chi connectivity index (χ4v) is 4.35. The molecule has 6 nitrogen and oxygen atoms in total. The van der Waals surface area contributed by atoms with Crippen molar-refractivity contribution in [1.29, 1.82) is 5.26 Å². The van der Waals surface area contributed by atoms with E-state index in [0.29, 0.717) is 28.2 Å². The van der Waals surface area contributed by atoms with Crippen molar-refractivity contribution in [2.75, 3.05) is 11.1 Å². The van der Waals surface area contributed by atoms with Crippen LogP contribution in [0.25, 0.3) is 0 Å². The number of nitrogens with one attached hydrogen (secondary N) is 1. The number of ether oxygens (including phenoxy) is 1. The molecule has 140 valence electrons.